The van der Waals surface area contributed by atoms with Crippen molar-refractivity contribution in [2.75, 3.05) is 20.2 Å². The maximum absolute atomic E-state index is 13.9. The van der Waals surface area contributed by atoms with Gasteiger partial charge in [0.25, 0.3) is 0 Å². The fraction of sp³-hybridized carbons (Fsp3) is 0.211. The Morgan fingerprint density at radius 1 is 1.22 bits per heavy atom. The molecule has 2 aromatic rings. The van der Waals surface area contributed by atoms with Crippen molar-refractivity contribution in [2.24, 2.45) is 0 Å². The summed E-state index contributed by atoms with van der Waals surface area (Å²) in [7, 11) is -2.61. The molecule has 0 aliphatic rings. The Balaban J connectivity index is 2.07. The first-order valence-corrected chi connectivity index (χ1v) is 9.57. The summed E-state index contributed by atoms with van der Waals surface area (Å²) >= 11 is 0. The van der Waals surface area contributed by atoms with E-state index in [0.29, 0.717) is 5.75 Å². The predicted octanol–water partition coefficient (Wildman–Crippen LogP) is 2.33. The van der Waals surface area contributed by atoms with E-state index in [9.17, 15) is 17.6 Å². The summed E-state index contributed by atoms with van der Waals surface area (Å²) in [6.07, 6.45) is 1.34. The second kappa shape index (κ2) is 9.29. The molecule has 27 heavy (non-hydrogen) atoms. The highest BCUT2D eigenvalue weighted by Crippen LogP contribution is 2.19. The molecule has 0 aliphatic carbocycles. The normalized spacial score (nSPS) is 11.2. The lowest BCUT2D eigenvalue weighted by Gasteiger charge is -2.20. The maximum atomic E-state index is 13.9. The van der Waals surface area contributed by atoms with Crippen LogP contribution in [-0.2, 0) is 21.4 Å². The van der Waals surface area contributed by atoms with Crippen molar-refractivity contribution < 1.29 is 22.3 Å². The third-order valence-corrected chi connectivity index (χ3v) is 5.60. The predicted molar refractivity (Wildman–Crippen MR) is 100 cm³/mol. The fourth-order valence-corrected chi connectivity index (χ4v) is 3.78. The number of carbonyl (C=O) groups is 1. The Kier molecular flexibility index (Phi) is 7.09. The van der Waals surface area contributed by atoms with E-state index >= 15 is 0 Å². The minimum atomic E-state index is -4.17. The summed E-state index contributed by atoms with van der Waals surface area (Å²) in [6, 6.07) is 12.1. The quantitative estimate of drug-likeness (QED) is 0.665. The summed E-state index contributed by atoms with van der Waals surface area (Å²) in [5.41, 5.74) is 0.830. The summed E-state index contributed by atoms with van der Waals surface area (Å²) in [6.45, 7) is 3.17. The minimum absolute atomic E-state index is 0.118. The lowest BCUT2D eigenvalue weighted by Crippen LogP contribution is -2.40. The topological polar surface area (TPSA) is 75.7 Å². The number of methoxy groups -OCH3 is 1. The van der Waals surface area contributed by atoms with Gasteiger partial charge in [0.2, 0.25) is 15.9 Å². The highest BCUT2D eigenvalue weighted by atomic mass is 32.2. The van der Waals surface area contributed by atoms with Crippen molar-refractivity contribution in [3.8, 4) is 5.75 Å². The fourth-order valence-electron chi connectivity index (χ4n) is 2.34. The smallest absolute Gasteiger partial charge is 0.246 e. The summed E-state index contributed by atoms with van der Waals surface area (Å²) in [5, 5.41) is 2.65. The molecule has 1 N–H and O–H groups in total. The maximum Gasteiger partial charge on any atom is 0.246 e. The number of ether oxygens (including phenoxy) is 1. The van der Waals surface area contributed by atoms with Gasteiger partial charge in [-0.3, -0.25) is 4.79 Å². The van der Waals surface area contributed by atoms with Gasteiger partial charge in [-0.1, -0.05) is 30.3 Å². The molecule has 0 saturated heterocycles. The monoisotopic (exact) mass is 392 g/mol. The molecule has 6 nitrogen and oxygen atoms in total. The number of amides is 1. The number of rotatable bonds is 9. The number of nitrogens with one attached hydrogen (secondary N) is 1. The zero-order valence-corrected chi connectivity index (χ0v) is 15.7. The molecule has 0 aromatic heterocycles. The van der Waals surface area contributed by atoms with Crippen LogP contribution >= 0.6 is 0 Å². The molecule has 0 spiro atoms. The molecule has 0 aliphatic heterocycles. The van der Waals surface area contributed by atoms with Crippen molar-refractivity contribution in [3.63, 3.8) is 0 Å². The minimum Gasteiger partial charge on any atom is -0.497 e. The number of nitrogens with zero attached hydrogens (tertiary/aromatic N) is 1. The Bertz CT molecular complexity index is 898. The van der Waals surface area contributed by atoms with Crippen LogP contribution in [0.25, 0.3) is 0 Å². The Morgan fingerprint density at radius 2 is 1.89 bits per heavy atom. The van der Waals surface area contributed by atoms with Crippen LogP contribution in [0.1, 0.15) is 5.56 Å². The molecule has 0 bridgehead atoms. The van der Waals surface area contributed by atoms with E-state index in [1.807, 2.05) is 0 Å². The van der Waals surface area contributed by atoms with Gasteiger partial charge in [0.05, 0.1) is 13.7 Å². The molecule has 0 radical (unpaired) electrons. The van der Waals surface area contributed by atoms with E-state index in [-0.39, 0.29) is 13.1 Å². The van der Waals surface area contributed by atoms with E-state index in [1.165, 1.54) is 18.2 Å². The zero-order chi connectivity index (χ0) is 19.9. The molecule has 144 valence electrons. The first-order valence-electron chi connectivity index (χ1n) is 8.13. The van der Waals surface area contributed by atoms with Crippen LogP contribution in [0.5, 0.6) is 5.75 Å². The van der Waals surface area contributed by atoms with Gasteiger partial charge in [0.15, 0.2) is 0 Å². The number of hydrogen-bond donors (Lipinski definition) is 1. The van der Waals surface area contributed by atoms with Gasteiger partial charge in [-0.05, 0) is 29.8 Å². The largest absolute Gasteiger partial charge is 0.497 e. The van der Waals surface area contributed by atoms with Crippen LogP contribution in [0, 0.1) is 5.82 Å². The van der Waals surface area contributed by atoms with Crippen LogP contribution in [0.3, 0.4) is 0 Å². The van der Waals surface area contributed by atoms with Crippen molar-refractivity contribution in [3.05, 3.63) is 72.6 Å². The van der Waals surface area contributed by atoms with Gasteiger partial charge in [0, 0.05) is 13.1 Å². The summed E-state index contributed by atoms with van der Waals surface area (Å²) in [4.78, 5) is 11.7. The van der Waals surface area contributed by atoms with Crippen LogP contribution in [0.4, 0.5) is 4.39 Å². The lowest BCUT2D eigenvalue weighted by atomic mass is 10.2. The molecule has 0 saturated carbocycles. The van der Waals surface area contributed by atoms with E-state index in [1.54, 1.807) is 31.4 Å². The standard InChI is InChI=1S/C19H21FN2O4S/c1-3-12-22(27(24,25)18-7-5-4-6-17(18)20)14-19(23)21-13-15-8-10-16(26-2)11-9-15/h3-11H,1,12-14H2,2H3,(H,21,23). The second-order valence-corrected chi connectivity index (χ2v) is 7.55. The SMILES string of the molecule is C=CCN(CC(=O)NCc1ccc(OC)cc1)S(=O)(=O)c1ccccc1F. The third kappa shape index (κ3) is 5.38. The number of hydrogen-bond acceptors (Lipinski definition) is 4. The molecule has 0 fully saturated rings. The number of benzene rings is 2. The van der Waals surface area contributed by atoms with Crippen LogP contribution < -0.4 is 10.1 Å². The van der Waals surface area contributed by atoms with Crippen molar-refractivity contribution >= 4 is 15.9 Å². The van der Waals surface area contributed by atoms with Crippen molar-refractivity contribution in [1.82, 2.24) is 9.62 Å². The van der Waals surface area contributed by atoms with E-state index in [0.717, 1.165) is 22.0 Å². The van der Waals surface area contributed by atoms with Gasteiger partial charge in [0.1, 0.15) is 16.5 Å². The third-order valence-electron chi connectivity index (χ3n) is 3.76. The molecule has 0 heterocycles. The van der Waals surface area contributed by atoms with E-state index < -0.39 is 33.2 Å². The molecule has 1 amide bonds. The molecule has 2 rings (SSSR count). The number of sulfonamides is 1. The molecular weight excluding hydrogens is 371 g/mol. The van der Waals surface area contributed by atoms with Gasteiger partial charge in [-0.25, -0.2) is 12.8 Å². The van der Waals surface area contributed by atoms with Gasteiger partial charge < -0.3 is 10.1 Å². The average Bonchev–Trinajstić information content (AvgIpc) is 2.66. The highest BCUT2D eigenvalue weighted by Gasteiger charge is 2.28. The van der Waals surface area contributed by atoms with Crippen LogP contribution in [-0.4, -0.2) is 38.8 Å². The number of halogens is 1. The van der Waals surface area contributed by atoms with Crippen molar-refractivity contribution in [1.29, 1.82) is 0 Å². The number of carbonyl (C=O) groups excluding carboxylic acids is 1. The first kappa shape index (κ1) is 20.6. The molecule has 8 heteroatoms. The first-order chi connectivity index (χ1) is 12.9. The van der Waals surface area contributed by atoms with Gasteiger partial charge in [-0.2, -0.15) is 4.31 Å². The Hall–Kier alpha value is -2.71. The van der Waals surface area contributed by atoms with Crippen LogP contribution in [0.2, 0.25) is 0 Å². The molecule has 0 atom stereocenters. The lowest BCUT2D eigenvalue weighted by molar-refractivity contribution is -0.121. The Labute approximate surface area is 158 Å². The second-order valence-electron chi connectivity index (χ2n) is 5.64. The highest BCUT2D eigenvalue weighted by molar-refractivity contribution is 7.89. The van der Waals surface area contributed by atoms with E-state index in [2.05, 4.69) is 11.9 Å². The van der Waals surface area contributed by atoms with Crippen LogP contribution in [0.15, 0.2) is 66.1 Å². The van der Waals surface area contributed by atoms with Crippen molar-refractivity contribution in [2.45, 2.75) is 11.4 Å². The average molecular weight is 392 g/mol. The van der Waals surface area contributed by atoms with E-state index in [4.69, 9.17) is 4.74 Å². The summed E-state index contributed by atoms with van der Waals surface area (Å²) in [5.74, 6) is -0.684. The Morgan fingerprint density at radius 3 is 2.48 bits per heavy atom. The summed E-state index contributed by atoms with van der Waals surface area (Å²) < 4.78 is 45.2. The molecule has 2 aromatic carbocycles. The zero-order valence-electron chi connectivity index (χ0n) is 14.9. The van der Waals surface area contributed by atoms with Gasteiger partial charge >= 0.3 is 0 Å². The van der Waals surface area contributed by atoms with Gasteiger partial charge in [-0.15, -0.1) is 6.58 Å². The molecule has 0 unspecified atom stereocenters. The molecular formula is C19H21FN2O4S.